The molecule has 1 unspecified atom stereocenters. The highest BCUT2D eigenvalue weighted by molar-refractivity contribution is 9.09. The molecule has 118 valence electrons. The van der Waals surface area contributed by atoms with Gasteiger partial charge in [-0.2, -0.15) is 0 Å². The van der Waals surface area contributed by atoms with E-state index in [1.807, 2.05) is 37.3 Å². The second-order valence-corrected chi connectivity index (χ2v) is 6.88. The smallest absolute Gasteiger partial charge is 0.338 e. The summed E-state index contributed by atoms with van der Waals surface area (Å²) >= 11 is 9.82. The van der Waals surface area contributed by atoms with Crippen molar-refractivity contribution in [3.63, 3.8) is 0 Å². The van der Waals surface area contributed by atoms with Crippen molar-refractivity contribution >= 4 is 44.3 Å². The summed E-state index contributed by atoms with van der Waals surface area (Å²) in [5, 5.41) is 2.00. The molecule has 0 aliphatic rings. The lowest BCUT2D eigenvalue weighted by Gasteiger charge is -2.06. The Bertz CT molecular complexity index is 883. The van der Waals surface area contributed by atoms with Crippen LogP contribution >= 0.6 is 27.5 Å². The van der Waals surface area contributed by atoms with Gasteiger partial charge >= 0.3 is 5.97 Å². The molecule has 2 aromatic carbocycles. The van der Waals surface area contributed by atoms with Gasteiger partial charge in [-0.3, -0.25) is 0 Å². The van der Waals surface area contributed by atoms with E-state index < -0.39 is 5.97 Å². The zero-order valence-corrected chi connectivity index (χ0v) is 14.9. The van der Waals surface area contributed by atoms with Gasteiger partial charge in [-0.25, -0.2) is 4.79 Å². The molecule has 3 nitrogen and oxygen atoms in total. The number of furan rings is 1. The fourth-order valence-corrected chi connectivity index (χ4v) is 3.06. The zero-order valence-electron chi connectivity index (χ0n) is 12.6. The van der Waals surface area contributed by atoms with Crippen LogP contribution in [0.5, 0.6) is 0 Å². The van der Waals surface area contributed by atoms with Crippen molar-refractivity contribution in [2.24, 2.45) is 0 Å². The van der Waals surface area contributed by atoms with E-state index in [-0.39, 0.29) is 4.83 Å². The topological polar surface area (TPSA) is 39.4 Å². The summed E-state index contributed by atoms with van der Waals surface area (Å²) in [5.41, 5.74) is 2.21. The van der Waals surface area contributed by atoms with Crippen molar-refractivity contribution in [2.45, 2.75) is 11.8 Å². The molecule has 0 spiro atoms. The molecule has 1 aromatic heterocycles. The lowest BCUT2D eigenvalue weighted by Crippen LogP contribution is -2.02. The Hall–Kier alpha value is -1.78. The lowest BCUT2D eigenvalue weighted by molar-refractivity contribution is 0.0601. The Morgan fingerprint density at radius 3 is 2.65 bits per heavy atom. The Balaban J connectivity index is 2.24. The summed E-state index contributed by atoms with van der Waals surface area (Å²) in [4.78, 5) is 12.2. The van der Waals surface area contributed by atoms with Crippen LogP contribution in [-0.4, -0.2) is 13.1 Å². The summed E-state index contributed by atoms with van der Waals surface area (Å²) in [6, 6.07) is 13.1. The zero-order chi connectivity index (χ0) is 16.6. The Labute approximate surface area is 147 Å². The average Bonchev–Trinajstić information content (AvgIpc) is 2.90. The average molecular weight is 394 g/mol. The third kappa shape index (κ3) is 2.89. The standard InChI is InChI=1S/C18H14BrClO3/c1-10(19)11-7-8-13-15(9-11)17(20)23-16(13)12-5-3-4-6-14(12)18(21)22-2/h3-10H,1-2H3. The molecule has 0 saturated carbocycles. The number of hydrogen-bond donors (Lipinski definition) is 0. The first kappa shape index (κ1) is 16.1. The normalized spacial score (nSPS) is 12.3. The number of halogens is 2. The van der Waals surface area contributed by atoms with E-state index in [0.717, 1.165) is 16.3 Å². The van der Waals surface area contributed by atoms with E-state index in [1.54, 1.807) is 12.1 Å². The SMILES string of the molecule is COC(=O)c1ccccc1-c1oc(Cl)c2cc(C(C)Br)ccc12. The van der Waals surface area contributed by atoms with Crippen LogP contribution in [0.2, 0.25) is 5.22 Å². The van der Waals surface area contributed by atoms with Gasteiger partial charge in [-0.15, -0.1) is 0 Å². The third-order valence-corrected chi connectivity index (χ3v) is 4.54. The number of methoxy groups -OCH3 is 1. The third-order valence-electron chi connectivity index (χ3n) is 3.73. The molecule has 0 radical (unpaired) electrons. The maximum Gasteiger partial charge on any atom is 0.338 e. The number of carbonyl (C=O) groups is 1. The fraction of sp³-hybridized carbons (Fsp3) is 0.167. The van der Waals surface area contributed by atoms with Gasteiger partial charge in [-0.1, -0.05) is 46.3 Å². The minimum atomic E-state index is -0.410. The number of alkyl halides is 1. The molecule has 0 saturated heterocycles. The highest BCUT2D eigenvalue weighted by atomic mass is 79.9. The van der Waals surface area contributed by atoms with E-state index >= 15 is 0 Å². The number of benzene rings is 2. The Morgan fingerprint density at radius 2 is 1.96 bits per heavy atom. The van der Waals surface area contributed by atoms with Crippen molar-refractivity contribution in [2.75, 3.05) is 7.11 Å². The van der Waals surface area contributed by atoms with Gasteiger partial charge in [-0.05, 0) is 36.2 Å². The van der Waals surface area contributed by atoms with Crippen molar-refractivity contribution in [1.29, 1.82) is 0 Å². The molecule has 0 fully saturated rings. The molecular formula is C18H14BrClO3. The highest BCUT2D eigenvalue weighted by Crippen LogP contribution is 2.39. The minimum absolute atomic E-state index is 0.212. The lowest BCUT2D eigenvalue weighted by atomic mass is 10.0. The number of carbonyl (C=O) groups excluding carboxylic acids is 1. The van der Waals surface area contributed by atoms with Gasteiger partial charge in [0.25, 0.3) is 0 Å². The number of fused-ring (bicyclic) bond motifs is 1. The second kappa shape index (κ2) is 6.38. The van der Waals surface area contributed by atoms with Gasteiger partial charge in [0, 0.05) is 21.2 Å². The quantitative estimate of drug-likeness (QED) is 0.405. The molecule has 1 heterocycles. The molecule has 0 N–H and O–H groups in total. The van der Waals surface area contributed by atoms with Crippen LogP contribution in [0.1, 0.15) is 27.7 Å². The molecule has 0 aliphatic carbocycles. The first-order valence-corrected chi connectivity index (χ1v) is 8.36. The predicted molar refractivity (Wildman–Crippen MR) is 95.3 cm³/mol. The highest BCUT2D eigenvalue weighted by Gasteiger charge is 2.20. The number of esters is 1. The van der Waals surface area contributed by atoms with E-state index in [9.17, 15) is 4.79 Å². The largest absolute Gasteiger partial charge is 0.465 e. The van der Waals surface area contributed by atoms with Crippen molar-refractivity contribution in [3.05, 3.63) is 58.8 Å². The minimum Gasteiger partial charge on any atom is -0.465 e. The van der Waals surface area contributed by atoms with Gasteiger partial charge < -0.3 is 9.15 Å². The van der Waals surface area contributed by atoms with Crippen molar-refractivity contribution in [3.8, 4) is 11.3 Å². The molecule has 5 heteroatoms. The van der Waals surface area contributed by atoms with E-state index in [1.165, 1.54) is 7.11 Å². The van der Waals surface area contributed by atoms with Crippen LogP contribution in [0.4, 0.5) is 0 Å². The molecule has 1 atom stereocenters. The number of rotatable bonds is 3. The van der Waals surface area contributed by atoms with Crippen LogP contribution < -0.4 is 0 Å². The van der Waals surface area contributed by atoms with Crippen LogP contribution in [0.3, 0.4) is 0 Å². The molecule has 0 amide bonds. The summed E-state index contributed by atoms with van der Waals surface area (Å²) in [6.45, 7) is 2.04. The van der Waals surface area contributed by atoms with Gasteiger partial charge in [0.2, 0.25) is 5.22 Å². The predicted octanol–water partition coefficient (Wildman–Crippen LogP) is 6.00. The Morgan fingerprint density at radius 1 is 1.22 bits per heavy atom. The molecule has 0 bridgehead atoms. The summed E-state index contributed by atoms with van der Waals surface area (Å²) in [7, 11) is 1.36. The maximum absolute atomic E-state index is 12.0. The molecule has 23 heavy (non-hydrogen) atoms. The van der Waals surface area contributed by atoms with Gasteiger partial charge in [0.15, 0.2) is 0 Å². The van der Waals surface area contributed by atoms with Gasteiger partial charge in [0.1, 0.15) is 5.76 Å². The fourth-order valence-electron chi connectivity index (χ4n) is 2.54. The van der Waals surface area contributed by atoms with Crippen LogP contribution in [-0.2, 0) is 4.74 Å². The Kier molecular flexibility index (Phi) is 4.46. The van der Waals surface area contributed by atoms with Crippen LogP contribution in [0.25, 0.3) is 22.1 Å². The monoisotopic (exact) mass is 392 g/mol. The van der Waals surface area contributed by atoms with Crippen molar-refractivity contribution in [1.82, 2.24) is 0 Å². The summed E-state index contributed by atoms with van der Waals surface area (Å²) in [5.74, 6) is 0.159. The first-order valence-electron chi connectivity index (χ1n) is 7.06. The van der Waals surface area contributed by atoms with Gasteiger partial charge in [0.05, 0.1) is 12.7 Å². The molecule has 3 rings (SSSR count). The molecule has 0 aliphatic heterocycles. The number of ether oxygens (including phenoxy) is 1. The summed E-state index contributed by atoms with van der Waals surface area (Å²) in [6.07, 6.45) is 0. The second-order valence-electron chi connectivity index (χ2n) is 5.16. The first-order chi connectivity index (χ1) is 11.0. The number of hydrogen-bond acceptors (Lipinski definition) is 3. The van der Waals surface area contributed by atoms with E-state index in [4.69, 9.17) is 20.8 Å². The molecule has 3 aromatic rings. The van der Waals surface area contributed by atoms with Crippen LogP contribution in [0.15, 0.2) is 46.9 Å². The maximum atomic E-state index is 12.0. The molecular weight excluding hydrogens is 380 g/mol. The van der Waals surface area contributed by atoms with E-state index in [2.05, 4.69) is 15.9 Å². The van der Waals surface area contributed by atoms with E-state index in [0.29, 0.717) is 22.1 Å². The van der Waals surface area contributed by atoms with Crippen LogP contribution in [0, 0.1) is 0 Å². The summed E-state index contributed by atoms with van der Waals surface area (Å²) < 4.78 is 10.6. The van der Waals surface area contributed by atoms with Crippen molar-refractivity contribution < 1.29 is 13.9 Å².